The van der Waals surface area contributed by atoms with E-state index in [1.807, 2.05) is 0 Å². The van der Waals surface area contributed by atoms with Crippen molar-refractivity contribution in [2.24, 2.45) is 0 Å². The number of hydroxylamine groups is 1. The highest BCUT2D eigenvalue weighted by atomic mass is 79.9. The second-order valence-corrected chi connectivity index (χ2v) is 4.36. The predicted molar refractivity (Wildman–Crippen MR) is 60.7 cm³/mol. The van der Waals surface area contributed by atoms with Crippen LogP contribution in [0.4, 0.5) is 13.2 Å². The SMILES string of the molecule is COC(=O)C1=C(C(F)(F)F)NOc2cc(Br)cnc21. The Balaban J connectivity index is 2.67. The molecule has 2 rings (SSSR count). The number of ether oxygens (including phenoxy) is 1. The average molecular weight is 339 g/mol. The summed E-state index contributed by atoms with van der Waals surface area (Å²) < 4.78 is 43.3. The first kappa shape index (κ1) is 13.7. The van der Waals surface area contributed by atoms with Gasteiger partial charge in [0.05, 0.1) is 7.11 Å². The minimum Gasteiger partial charge on any atom is -0.465 e. The number of fused-ring (bicyclic) bond motifs is 1. The first-order valence-corrected chi connectivity index (χ1v) is 5.62. The van der Waals surface area contributed by atoms with E-state index < -0.39 is 23.4 Å². The van der Waals surface area contributed by atoms with Crippen LogP contribution in [0.25, 0.3) is 5.57 Å². The molecule has 2 heterocycles. The third-order valence-electron chi connectivity index (χ3n) is 2.24. The Bertz CT molecular complexity index is 572. The number of allylic oxidation sites excluding steroid dienone is 1. The molecule has 19 heavy (non-hydrogen) atoms. The van der Waals surface area contributed by atoms with Gasteiger partial charge in [-0.2, -0.15) is 13.2 Å². The summed E-state index contributed by atoms with van der Waals surface area (Å²) in [5.74, 6) is -1.16. The molecule has 1 aromatic rings. The van der Waals surface area contributed by atoms with Crippen LogP contribution in [-0.4, -0.2) is 24.2 Å². The smallest absolute Gasteiger partial charge is 0.435 e. The van der Waals surface area contributed by atoms with E-state index in [0.717, 1.165) is 7.11 Å². The van der Waals surface area contributed by atoms with E-state index >= 15 is 0 Å². The van der Waals surface area contributed by atoms with E-state index in [1.165, 1.54) is 12.3 Å². The van der Waals surface area contributed by atoms with Gasteiger partial charge in [-0.1, -0.05) is 0 Å². The number of hydrogen-bond donors (Lipinski definition) is 1. The van der Waals surface area contributed by atoms with Gasteiger partial charge in [-0.05, 0) is 15.9 Å². The van der Waals surface area contributed by atoms with Crippen molar-refractivity contribution in [3.05, 3.63) is 28.1 Å². The maximum absolute atomic E-state index is 12.8. The monoisotopic (exact) mass is 338 g/mol. The molecule has 0 saturated heterocycles. The lowest BCUT2D eigenvalue weighted by molar-refractivity contribution is -0.135. The fourth-order valence-corrected chi connectivity index (χ4v) is 1.77. The fraction of sp³-hybridized carbons (Fsp3) is 0.200. The summed E-state index contributed by atoms with van der Waals surface area (Å²) in [6.07, 6.45) is -3.54. The molecule has 0 bridgehead atoms. The van der Waals surface area contributed by atoms with Crippen molar-refractivity contribution in [2.45, 2.75) is 6.18 Å². The third kappa shape index (κ3) is 2.50. The highest BCUT2D eigenvalue weighted by molar-refractivity contribution is 9.10. The summed E-state index contributed by atoms with van der Waals surface area (Å²) in [6.45, 7) is 0. The lowest BCUT2D eigenvalue weighted by Crippen LogP contribution is -2.35. The van der Waals surface area contributed by atoms with Crippen LogP contribution in [0.1, 0.15) is 5.69 Å². The van der Waals surface area contributed by atoms with Gasteiger partial charge in [-0.3, -0.25) is 4.98 Å². The molecule has 0 radical (unpaired) electrons. The summed E-state index contributed by atoms with van der Waals surface area (Å²) >= 11 is 3.09. The first-order valence-electron chi connectivity index (χ1n) is 4.83. The molecular weight excluding hydrogens is 333 g/mol. The number of halogens is 4. The number of nitrogens with zero attached hydrogens (tertiary/aromatic N) is 1. The second kappa shape index (κ2) is 4.72. The average Bonchev–Trinajstić information content (AvgIpc) is 2.34. The molecule has 0 aromatic carbocycles. The van der Waals surface area contributed by atoms with Gasteiger partial charge in [0.1, 0.15) is 11.3 Å². The minimum atomic E-state index is -4.80. The molecule has 0 atom stereocenters. The number of pyridine rings is 1. The Hall–Kier alpha value is -1.77. The molecule has 1 aromatic heterocycles. The molecule has 0 spiro atoms. The molecule has 102 valence electrons. The van der Waals surface area contributed by atoms with Gasteiger partial charge < -0.3 is 9.57 Å². The molecule has 9 heteroatoms. The standard InChI is InChI=1S/C10H6BrF3N2O3/c1-18-9(17)6-7-5(2-4(11)3-15-7)19-16-8(6)10(12,13)14/h2-3,16H,1H3. The van der Waals surface area contributed by atoms with Gasteiger partial charge in [0, 0.05) is 16.7 Å². The third-order valence-corrected chi connectivity index (χ3v) is 2.68. The minimum absolute atomic E-state index is 0.0113. The van der Waals surface area contributed by atoms with E-state index in [2.05, 4.69) is 25.7 Å². The van der Waals surface area contributed by atoms with Crippen molar-refractivity contribution in [3.8, 4) is 5.75 Å². The summed E-state index contributed by atoms with van der Waals surface area (Å²) in [6, 6.07) is 1.38. The molecule has 1 N–H and O–H groups in total. The highest BCUT2D eigenvalue weighted by Gasteiger charge is 2.43. The topological polar surface area (TPSA) is 60.5 Å². The molecule has 5 nitrogen and oxygen atoms in total. The molecule has 0 aliphatic carbocycles. The van der Waals surface area contributed by atoms with Crippen LogP contribution < -0.4 is 10.3 Å². The number of esters is 1. The number of carbonyl (C=O) groups excluding carboxylic acids is 1. The zero-order chi connectivity index (χ0) is 14.2. The maximum atomic E-state index is 12.8. The number of nitrogens with one attached hydrogen (secondary N) is 1. The number of alkyl halides is 3. The van der Waals surface area contributed by atoms with Gasteiger partial charge in [0.25, 0.3) is 0 Å². The van der Waals surface area contributed by atoms with Crippen LogP contribution in [-0.2, 0) is 9.53 Å². The summed E-state index contributed by atoms with van der Waals surface area (Å²) in [5.41, 5.74) is -0.599. The Labute approximate surface area is 113 Å². The molecule has 0 unspecified atom stereocenters. The predicted octanol–water partition coefficient (Wildman–Crippen LogP) is 2.19. The normalized spacial score (nSPS) is 14.4. The van der Waals surface area contributed by atoms with Gasteiger partial charge in [-0.25, -0.2) is 10.3 Å². The van der Waals surface area contributed by atoms with Crippen molar-refractivity contribution in [2.75, 3.05) is 7.11 Å². The first-order chi connectivity index (χ1) is 8.84. The van der Waals surface area contributed by atoms with Gasteiger partial charge in [0.15, 0.2) is 11.4 Å². The van der Waals surface area contributed by atoms with Crippen molar-refractivity contribution in [1.82, 2.24) is 10.5 Å². The largest absolute Gasteiger partial charge is 0.465 e. The molecule has 0 saturated carbocycles. The van der Waals surface area contributed by atoms with Gasteiger partial charge in [-0.15, -0.1) is 0 Å². The quantitative estimate of drug-likeness (QED) is 0.795. The Morgan fingerprint density at radius 3 is 2.79 bits per heavy atom. The number of methoxy groups -OCH3 is 1. The van der Waals surface area contributed by atoms with Gasteiger partial charge in [0.2, 0.25) is 0 Å². The fourth-order valence-electron chi connectivity index (χ4n) is 1.46. The molecule has 1 aliphatic rings. The second-order valence-electron chi connectivity index (χ2n) is 3.44. The number of carbonyl (C=O) groups is 1. The number of aromatic nitrogens is 1. The van der Waals surface area contributed by atoms with Crippen LogP contribution in [0.2, 0.25) is 0 Å². The zero-order valence-electron chi connectivity index (χ0n) is 9.34. The Morgan fingerprint density at radius 2 is 2.21 bits per heavy atom. The lowest BCUT2D eigenvalue weighted by atomic mass is 10.1. The van der Waals surface area contributed by atoms with Gasteiger partial charge >= 0.3 is 12.1 Å². The van der Waals surface area contributed by atoms with Crippen LogP contribution >= 0.6 is 15.9 Å². The van der Waals surface area contributed by atoms with E-state index in [-0.39, 0.29) is 11.4 Å². The van der Waals surface area contributed by atoms with E-state index in [1.54, 1.807) is 5.48 Å². The van der Waals surface area contributed by atoms with E-state index in [0.29, 0.717) is 4.47 Å². The zero-order valence-corrected chi connectivity index (χ0v) is 10.9. The molecule has 0 fully saturated rings. The number of hydrogen-bond acceptors (Lipinski definition) is 5. The Kier molecular flexibility index (Phi) is 3.40. The molecule has 1 aliphatic heterocycles. The highest BCUT2D eigenvalue weighted by Crippen LogP contribution is 2.38. The van der Waals surface area contributed by atoms with Crippen molar-refractivity contribution in [3.63, 3.8) is 0 Å². The van der Waals surface area contributed by atoms with E-state index in [4.69, 9.17) is 4.84 Å². The van der Waals surface area contributed by atoms with Crippen LogP contribution in [0.15, 0.2) is 22.4 Å². The summed E-state index contributed by atoms with van der Waals surface area (Å²) in [5, 5.41) is 0. The summed E-state index contributed by atoms with van der Waals surface area (Å²) in [4.78, 5) is 20.0. The van der Waals surface area contributed by atoms with Crippen molar-refractivity contribution >= 4 is 27.5 Å². The van der Waals surface area contributed by atoms with Crippen molar-refractivity contribution < 1.29 is 27.5 Å². The van der Waals surface area contributed by atoms with Crippen LogP contribution in [0, 0.1) is 0 Å². The molecule has 0 amide bonds. The van der Waals surface area contributed by atoms with E-state index in [9.17, 15) is 18.0 Å². The number of rotatable bonds is 1. The Morgan fingerprint density at radius 1 is 1.53 bits per heavy atom. The molecular formula is C10H6BrF3N2O3. The summed E-state index contributed by atoms with van der Waals surface area (Å²) in [7, 11) is 0.983. The van der Waals surface area contributed by atoms with Crippen LogP contribution in [0.5, 0.6) is 5.75 Å². The van der Waals surface area contributed by atoms with Crippen LogP contribution in [0.3, 0.4) is 0 Å². The van der Waals surface area contributed by atoms with Crippen molar-refractivity contribution in [1.29, 1.82) is 0 Å². The maximum Gasteiger partial charge on any atom is 0.435 e. The lowest BCUT2D eigenvalue weighted by Gasteiger charge is -2.23.